The highest BCUT2D eigenvalue weighted by Gasteiger charge is 1.98. The largest absolute Gasteiger partial charge is 0.385 e. The molecular formula is C7H6BrN3. The van der Waals surface area contributed by atoms with Crippen molar-refractivity contribution in [3.05, 3.63) is 22.8 Å². The fraction of sp³-hybridized carbons (Fsp3) is 0. The lowest BCUT2D eigenvalue weighted by Gasteiger charge is -1.88. The number of rotatable bonds is 0. The van der Waals surface area contributed by atoms with E-state index >= 15 is 0 Å². The van der Waals surface area contributed by atoms with Gasteiger partial charge in [-0.25, -0.2) is 0 Å². The molecule has 2 heterocycles. The zero-order valence-corrected chi connectivity index (χ0v) is 7.22. The predicted octanol–water partition coefficient (Wildman–Crippen LogP) is 1.91. The molecule has 2 aromatic heterocycles. The first-order valence-corrected chi connectivity index (χ1v) is 3.95. The minimum absolute atomic E-state index is 0.644. The van der Waals surface area contributed by atoms with Crippen molar-refractivity contribution in [2.45, 2.75) is 0 Å². The van der Waals surface area contributed by atoms with Crippen LogP contribution in [0.2, 0.25) is 0 Å². The number of nitrogens with two attached hydrogens (primary N) is 1. The molecule has 0 spiro atoms. The van der Waals surface area contributed by atoms with Crippen molar-refractivity contribution in [3.8, 4) is 0 Å². The third kappa shape index (κ3) is 1.09. The fourth-order valence-corrected chi connectivity index (χ4v) is 1.34. The Morgan fingerprint density at radius 2 is 2.27 bits per heavy atom. The Morgan fingerprint density at radius 3 is 3.09 bits per heavy atom. The maximum atomic E-state index is 5.53. The van der Waals surface area contributed by atoms with Crippen LogP contribution in [0.3, 0.4) is 0 Å². The second-order valence-electron chi connectivity index (χ2n) is 2.31. The highest BCUT2D eigenvalue weighted by Crippen LogP contribution is 2.17. The molecule has 0 radical (unpaired) electrons. The molecule has 2 aromatic rings. The van der Waals surface area contributed by atoms with Crippen molar-refractivity contribution in [2.75, 3.05) is 5.73 Å². The van der Waals surface area contributed by atoms with Crippen molar-refractivity contribution in [3.63, 3.8) is 0 Å². The Morgan fingerprint density at radius 1 is 1.45 bits per heavy atom. The molecule has 56 valence electrons. The van der Waals surface area contributed by atoms with E-state index in [1.807, 2.05) is 12.1 Å². The molecule has 0 aliphatic carbocycles. The minimum Gasteiger partial charge on any atom is -0.385 e. The Kier molecular flexibility index (Phi) is 1.35. The number of halogens is 1. The average molecular weight is 212 g/mol. The monoisotopic (exact) mass is 211 g/mol. The van der Waals surface area contributed by atoms with Crippen molar-refractivity contribution in [1.82, 2.24) is 9.97 Å². The molecule has 0 aromatic carbocycles. The first-order chi connectivity index (χ1) is 5.25. The summed E-state index contributed by atoms with van der Waals surface area (Å²) in [5.74, 6) is 0.644. The van der Waals surface area contributed by atoms with E-state index in [-0.39, 0.29) is 0 Å². The van der Waals surface area contributed by atoms with E-state index in [1.165, 1.54) is 0 Å². The number of aromatic nitrogens is 2. The van der Waals surface area contributed by atoms with Gasteiger partial charge in [-0.05, 0) is 22.0 Å². The predicted molar refractivity (Wildman–Crippen MR) is 48.2 cm³/mol. The van der Waals surface area contributed by atoms with Crippen LogP contribution < -0.4 is 5.73 Å². The number of nitrogen functional groups attached to an aromatic ring is 1. The number of fused-ring (bicyclic) bond motifs is 1. The van der Waals surface area contributed by atoms with E-state index in [0.717, 1.165) is 15.5 Å². The van der Waals surface area contributed by atoms with Crippen LogP contribution in [-0.4, -0.2) is 9.97 Å². The van der Waals surface area contributed by atoms with Gasteiger partial charge < -0.3 is 10.7 Å². The van der Waals surface area contributed by atoms with E-state index < -0.39 is 0 Å². The van der Waals surface area contributed by atoms with Gasteiger partial charge in [0, 0.05) is 16.7 Å². The molecule has 0 aliphatic rings. The summed E-state index contributed by atoms with van der Waals surface area (Å²) in [5.41, 5.74) is 7.38. The van der Waals surface area contributed by atoms with E-state index in [9.17, 15) is 0 Å². The molecule has 0 aliphatic heterocycles. The first-order valence-electron chi connectivity index (χ1n) is 3.15. The maximum absolute atomic E-state index is 5.53. The van der Waals surface area contributed by atoms with E-state index in [1.54, 1.807) is 6.20 Å². The van der Waals surface area contributed by atoms with Gasteiger partial charge in [0.2, 0.25) is 0 Å². The summed E-state index contributed by atoms with van der Waals surface area (Å²) in [6, 6.07) is 3.75. The lowest BCUT2D eigenvalue weighted by Crippen LogP contribution is -1.80. The number of pyridine rings is 1. The molecule has 0 atom stereocenters. The summed E-state index contributed by atoms with van der Waals surface area (Å²) < 4.78 is 0.951. The summed E-state index contributed by atoms with van der Waals surface area (Å²) in [6.07, 6.45) is 1.75. The zero-order valence-electron chi connectivity index (χ0n) is 5.63. The van der Waals surface area contributed by atoms with Gasteiger partial charge in [-0.2, -0.15) is 0 Å². The van der Waals surface area contributed by atoms with Crippen LogP contribution >= 0.6 is 15.9 Å². The van der Waals surface area contributed by atoms with Gasteiger partial charge in [0.05, 0.1) is 11.0 Å². The summed E-state index contributed by atoms with van der Waals surface area (Å²) in [4.78, 5) is 7.13. The van der Waals surface area contributed by atoms with Gasteiger partial charge in [-0.15, -0.1) is 0 Å². The molecule has 3 nitrogen and oxygen atoms in total. The fourth-order valence-electron chi connectivity index (χ4n) is 1.00. The van der Waals surface area contributed by atoms with Gasteiger partial charge in [0.15, 0.2) is 0 Å². The quantitative estimate of drug-likeness (QED) is 0.700. The lowest BCUT2D eigenvalue weighted by molar-refractivity contribution is 1.38. The molecule has 0 amide bonds. The second kappa shape index (κ2) is 2.23. The number of H-pyrrole nitrogens is 1. The molecule has 0 saturated carbocycles. The molecule has 0 unspecified atom stereocenters. The Balaban J connectivity index is 2.82. The van der Waals surface area contributed by atoms with Crippen molar-refractivity contribution < 1.29 is 0 Å². The van der Waals surface area contributed by atoms with Crippen LogP contribution in [0.4, 0.5) is 5.82 Å². The van der Waals surface area contributed by atoms with Crippen molar-refractivity contribution in [1.29, 1.82) is 0 Å². The molecule has 2 rings (SSSR count). The molecule has 0 fully saturated rings. The van der Waals surface area contributed by atoms with E-state index in [0.29, 0.717) is 5.82 Å². The Labute approximate surface area is 71.7 Å². The SMILES string of the molecule is Nc1cc2ncc(Br)cc2[nH]1. The number of hydrogen-bond donors (Lipinski definition) is 2. The molecule has 4 heteroatoms. The third-order valence-corrected chi connectivity index (χ3v) is 1.89. The highest BCUT2D eigenvalue weighted by atomic mass is 79.9. The van der Waals surface area contributed by atoms with Crippen molar-refractivity contribution >= 4 is 32.8 Å². The number of aromatic amines is 1. The zero-order chi connectivity index (χ0) is 7.84. The minimum atomic E-state index is 0.644. The maximum Gasteiger partial charge on any atom is 0.103 e. The Bertz CT molecular complexity index is 393. The first kappa shape index (κ1) is 6.67. The van der Waals surface area contributed by atoms with E-state index in [4.69, 9.17) is 5.73 Å². The normalized spacial score (nSPS) is 10.6. The lowest BCUT2D eigenvalue weighted by atomic mass is 10.4. The van der Waals surface area contributed by atoms with Crippen LogP contribution in [0.15, 0.2) is 22.8 Å². The van der Waals surface area contributed by atoms with Gasteiger partial charge in [0.25, 0.3) is 0 Å². The van der Waals surface area contributed by atoms with Crippen LogP contribution in [0, 0.1) is 0 Å². The van der Waals surface area contributed by atoms with E-state index in [2.05, 4.69) is 25.9 Å². The second-order valence-corrected chi connectivity index (χ2v) is 3.23. The molecule has 11 heavy (non-hydrogen) atoms. The Hall–Kier alpha value is -1.03. The standard InChI is InChI=1S/C7H6BrN3/c8-4-1-6-5(10-3-4)2-7(9)11-6/h1-3,11H,9H2. The smallest absolute Gasteiger partial charge is 0.103 e. The molecule has 0 bridgehead atoms. The van der Waals surface area contributed by atoms with Crippen LogP contribution in [0.25, 0.3) is 11.0 Å². The summed E-state index contributed by atoms with van der Waals surface area (Å²) in [6.45, 7) is 0. The van der Waals surface area contributed by atoms with Crippen molar-refractivity contribution in [2.24, 2.45) is 0 Å². The third-order valence-electron chi connectivity index (χ3n) is 1.46. The average Bonchev–Trinajstić information content (AvgIpc) is 2.27. The van der Waals surface area contributed by atoms with Crippen LogP contribution in [0.5, 0.6) is 0 Å². The summed E-state index contributed by atoms with van der Waals surface area (Å²) in [7, 11) is 0. The van der Waals surface area contributed by atoms with Gasteiger partial charge in [0.1, 0.15) is 5.82 Å². The van der Waals surface area contributed by atoms with Crippen LogP contribution in [-0.2, 0) is 0 Å². The number of nitrogens with one attached hydrogen (secondary N) is 1. The van der Waals surface area contributed by atoms with Gasteiger partial charge in [-0.3, -0.25) is 4.98 Å². The summed E-state index contributed by atoms with van der Waals surface area (Å²) >= 11 is 3.32. The van der Waals surface area contributed by atoms with Gasteiger partial charge in [-0.1, -0.05) is 0 Å². The topological polar surface area (TPSA) is 54.7 Å². The molecule has 3 N–H and O–H groups in total. The molecule has 0 saturated heterocycles. The van der Waals surface area contributed by atoms with Gasteiger partial charge >= 0.3 is 0 Å². The number of nitrogens with zero attached hydrogens (tertiary/aromatic N) is 1. The number of hydrogen-bond acceptors (Lipinski definition) is 2. The number of anilines is 1. The highest BCUT2D eigenvalue weighted by molar-refractivity contribution is 9.10. The summed E-state index contributed by atoms with van der Waals surface area (Å²) in [5, 5.41) is 0. The molecular weight excluding hydrogens is 206 g/mol. The van der Waals surface area contributed by atoms with Crippen LogP contribution in [0.1, 0.15) is 0 Å².